The molecule has 18 heavy (non-hydrogen) atoms. The van der Waals surface area contributed by atoms with Crippen LogP contribution in [0.3, 0.4) is 0 Å². The second kappa shape index (κ2) is 5.96. The minimum Gasteiger partial charge on any atom is -0.312 e. The summed E-state index contributed by atoms with van der Waals surface area (Å²) >= 11 is 0. The SMILES string of the molecule is CCC(C)CNCc1cc(C)nc2ccccc12. The second-order valence-electron chi connectivity index (χ2n) is 5.08. The van der Waals surface area contributed by atoms with Crippen molar-refractivity contribution in [2.45, 2.75) is 33.7 Å². The summed E-state index contributed by atoms with van der Waals surface area (Å²) in [6.07, 6.45) is 1.23. The molecule has 0 aliphatic rings. The molecule has 1 aromatic heterocycles. The van der Waals surface area contributed by atoms with E-state index in [2.05, 4.69) is 55.3 Å². The van der Waals surface area contributed by atoms with Crippen LogP contribution in [0.25, 0.3) is 10.9 Å². The molecule has 2 rings (SSSR count). The third kappa shape index (κ3) is 3.08. The molecule has 1 unspecified atom stereocenters. The van der Waals surface area contributed by atoms with Gasteiger partial charge in [-0.1, -0.05) is 38.5 Å². The van der Waals surface area contributed by atoms with Gasteiger partial charge in [-0.2, -0.15) is 0 Å². The average molecular weight is 242 g/mol. The highest BCUT2D eigenvalue weighted by Crippen LogP contribution is 2.18. The van der Waals surface area contributed by atoms with Crippen molar-refractivity contribution < 1.29 is 0 Å². The van der Waals surface area contributed by atoms with E-state index in [9.17, 15) is 0 Å². The third-order valence-corrected chi connectivity index (χ3v) is 3.44. The van der Waals surface area contributed by atoms with Crippen molar-refractivity contribution in [2.75, 3.05) is 6.54 Å². The first-order valence-electron chi connectivity index (χ1n) is 6.76. The molecule has 0 saturated carbocycles. The molecule has 0 amide bonds. The van der Waals surface area contributed by atoms with Gasteiger partial charge >= 0.3 is 0 Å². The molecule has 1 atom stereocenters. The molecule has 2 aromatic rings. The van der Waals surface area contributed by atoms with Crippen molar-refractivity contribution in [3.63, 3.8) is 0 Å². The van der Waals surface area contributed by atoms with Gasteiger partial charge in [-0.3, -0.25) is 4.98 Å². The normalized spacial score (nSPS) is 12.8. The van der Waals surface area contributed by atoms with Crippen LogP contribution in [0.2, 0.25) is 0 Å². The topological polar surface area (TPSA) is 24.9 Å². The van der Waals surface area contributed by atoms with Crippen molar-refractivity contribution in [3.05, 3.63) is 41.6 Å². The van der Waals surface area contributed by atoms with Crippen LogP contribution in [0, 0.1) is 12.8 Å². The summed E-state index contributed by atoms with van der Waals surface area (Å²) in [6, 6.07) is 10.6. The number of nitrogens with one attached hydrogen (secondary N) is 1. The number of aromatic nitrogens is 1. The minimum atomic E-state index is 0.735. The van der Waals surface area contributed by atoms with Gasteiger partial charge in [0.2, 0.25) is 0 Å². The Labute approximate surface area is 109 Å². The van der Waals surface area contributed by atoms with Gasteiger partial charge in [-0.25, -0.2) is 0 Å². The molecule has 0 spiro atoms. The van der Waals surface area contributed by atoms with Gasteiger partial charge in [0.25, 0.3) is 0 Å². The maximum absolute atomic E-state index is 4.57. The van der Waals surface area contributed by atoms with E-state index in [-0.39, 0.29) is 0 Å². The van der Waals surface area contributed by atoms with Gasteiger partial charge in [0.1, 0.15) is 0 Å². The van der Waals surface area contributed by atoms with Gasteiger partial charge in [0.15, 0.2) is 0 Å². The zero-order valence-corrected chi connectivity index (χ0v) is 11.5. The van der Waals surface area contributed by atoms with Crippen LogP contribution < -0.4 is 5.32 Å². The molecule has 0 radical (unpaired) electrons. The summed E-state index contributed by atoms with van der Waals surface area (Å²) in [5, 5.41) is 4.81. The summed E-state index contributed by atoms with van der Waals surface area (Å²) in [5.74, 6) is 0.735. The Hall–Kier alpha value is -1.41. The highest BCUT2D eigenvalue weighted by molar-refractivity contribution is 5.82. The monoisotopic (exact) mass is 242 g/mol. The Bertz CT molecular complexity index is 519. The van der Waals surface area contributed by atoms with E-state index in [1.807, 2.05) is 6.07 Å². The Balaban J connectivity index is 2.17. The van der Waals surface area contributed by atoms with Crippen molar-refractivity contribution in [1.29, 1.82) is 0 Å². The van der Waals surface area contributed by atoms with Crippen molar-refractivity contribution in [2.24, 2.45) is 5.92 Å². The number of pyridine rings is 1. The van der Waals surface area contributed by atoms with E-state index in [0.29, 0.717) is 0 Å². The quantitative estimate of drug-likeness (QED) is 0.865. The van der Waals surface area contributed by atoms with Crippen LogP contribution in [-0.4, -0.2) is 11.5 Å². The zero-order valence-electron chi connectivity index (χ0n) is 11.5. The van der Waals surface area contributed by atoms with Crippen LogP contribution in [0.4, 0.5) is 0 Å². The first-order valence-corrected chi connectivity index (χ1v) is 6.76. The Morgan fingerprint density at radius 2 is 2.06 bits per heavy atom. The molecule has 1 heterocycles. The lowest BCUT2D eigenvalue weighted by atomic mass is 10.1. The molecule has 2 nitrogen and oxygen atoms in total. The van der Waals surface area contributed by atoms with Crippen molar-refractivity contribution in [3.8, 4) is 0 Å². The summed E-state index contributed by atoms with van der Waals surface area (Å²) in [4.78, 5) is 4.57. The molecular weight excluding hydrogens is 220 g/mol. The highest BCUT2D eigenvalue weighted by atomic mass is 14.9. The number of aryl methyl sites for hydroxylation is 1. The molecule has 0 aliphatic heterocycles. The molecule has 96 valence electrons. The average Bonchev–Trinajstić information content (AvgIpc) is 2.38. The van der Waals surface area contributed by atoms with Gasteiger partial charge in [0, 0.05) is 17.6 Å². The highest BCUT2D eigenvalue weighted by Gasteiger charge is 2.04. The van der Waals surface area contributed by atoms with Gasteiger partial charge in [-0.05, 0) is 37.1 Å². The summed E-state index contributed by atoms with van der Waals surface area (Å²) in [7, 11) is 0. The summed E-state index contributed by atoms with van der Waals surface area (Å²) in [6.45, 7) is 8.58. The van der Waals surface area contributed by atoms with E-state index in [4.69, 9.17) is 0 Å². The number of hydrogen-bond donors (Lipinski definition) is 1. The van der Waals surface area contributed by atoms with Crippen LogP contribution in [0.15, 0.2) is 30.3 Å². The number of benzene rings is 1. The predicted octanol–water partition coefficient (Wildman–Crippen LogP) is 3.68. The number of rotatable bonds is 5. The van der Waals surface area contributed by atoms with Gasteiger partial charge in [0.05, 0.1) is 5.52 Å². The number of para-hydroxylation sites is 1. The third-order valence-electron chi connectivity index (χ3n) is 3.44. The lowest BCUT2D eigenvalue weighted by molar-refractivity contribution is 0.500. The Morgan fingerprint density at radius 1 is 1.28 bits per heavy atom. The van der Waals surface area contributed by atoms with E-state index >= 15 is 0 Å². The van der Waals surface area contributed by atoms with Crippen LogP contribution in [-0.2, 0) is 6.54 Å². The van der Waals surface area contributed by atoms with E-state index in [1.165, 1.54) is 17.4 Å². The lowest BCUT2D eigenvalue weighted by Gasteiger charge is -2.12. The standard InChI is InChI=1S/C16H22N2/c1-4-12(2)10-17-11-14-9-13(3)18-16-8-6-5-7-15(14)16/h5-9,12,17H,4,10-11H2,1-3H3. The fourth-order valence-electron chi connectivity index (χ4n) is 2.14. The molecule has 1 aromatic carbocycles. The molecular formula is C16H22N2. The molecule has 0 bridgehead atoms. The van der Waals surface area contributed by atoms with Crippen molar-refractivity contribution >= 4 is 10.9 Å². The second-order valence-corrected chi connectivity index (χ2v) is 5.08. The van der Waals surface area contributed by atoms with E-state index in [0.717, 1.165) is 30.2 Å². The maximum Gasteiger partial charge on any atom is 0.0708 e. The Morgan fingerprint density at radius 3 is 2.83 bits per heavy atom. The predicted molar refractivity (Wildman–Crippen MR) is 77.6 cm³/mol. The largest absolute Gasteiger partial charge is 0.312 e. The van der Waals surface area contributed by atoms with Gasteiger partial charge in [-0.15, -0.1) is 0 Å². The maximum atomic E-state index is 4.57. The first-order chi connectivity index (χ1) is 8.70. The lowest BCUT2D eigenvalue weighted by Crippen LogP contribution is -2.20. The van der Waals surface area contributed by atoms with Crippen LogP contribution >= 0.6 is 0 Å². The van der Waals surface area contributed by atoms with Gasteiger partial charge < -0.3 is 5.32 Å². The zero-order chi connectivity index (χ0) is 13.0. The number of fused-ring (bicyclic) bond motifs is 1. The van der Waals surface area contributed by atoms with Crippen LogP contribution in [0.5, 0.6) is 0 Å². The van der Waals surface area contributed by atoms with E-state index in [1.54, 1.807) is 0 Å². The van der Waals surface area contributed by atoms with Crippen LogP contribution in [0.1, 0.15) is 31.5 Å². The first kappa shape index (κ1) is 13.0. The fourth-order valence-corrected chi connectivity index (χ4v) is 2.14. The van der Waals surface area contributed by atoms with Crippen molar-refractivity contribution in [1.82, 2.24) is 10.3 Å². The molecule has 0 fully saturated rings. The molecule has 0 saturated heterocycles. The summed E-state index contributed by atoms with van der Waals surface area (Å²) in [5.41, 5.74) is 3.54. The minimum absolute atomic E-state index is 0.735. The smallest absolute Gasteiger partial charge is 0.0708 e. The number of nitrogens with zero attached hydrogens (tertiary/aromatic N) is 1. The number of hydrogen-bond acceptors (Lipinski definition) is 2. The molecule has 1 N–H and O–H groups in total. The Kier molecular flexibility index (Phi) is 4.32. The molecule has 0 aliphatic carbocycles. The summed E-state index contributed by atoms with van der Waals surface area (Å²) < 4.78 is 0. The molecule has 2 heteroatoms. The fraction of sp³-hybridized carbons (Fsp3) is 0.438. The van der Waals surface area contributed by atoms with E-state index < -0.39 is 0 Å².